The van der Waals surface area contributed by atoms with Crippen LogP contribution in [0.1, 0.15) is 301 Å². The zero-order valence-corrected chi connectivity index (χ0v) is 67.9. The van der Waals surface area contributed by atoms with Crippen LogP contribution in [0, 0.1) is 23.7 Å². The first-order valence-electron chi connectivity index (χ1n) is 43.8. The third kappa shape index (κ3) is 18.0. The topological polar surface area (TPSA) is 291 Å². The Morgan fingerprint density at radius 3 is 0.982 bits per heavy atom. The molecule has 114 heavy (non-hydrogen) atoms. The number of fused-ring (bicyclic) bond motifs is 13. The molecule has 0 radical (unpaired) electrons. The van der Waals surface area contributed by atoms with Gasteiger partial charge in [0.2, 0.25) is 18.8 Å². The van der Waals surface area contributed by atoms with Gasteiger partial charge >= 0.3 is 17.9 Å². The van der Waals surface area contributed by atoms with E-state index in [1.54, 1.807) is 20.8 Å². The first-order valence-corrected chi connectivity index (χ1v) is 43.8. The summed E-state index contributed by atoms with van der Waals surface area (Å²) < 4.78 is 5.88. The molecule has 24 nitrogen and oxygen atoms in total. The highest BCUT2D eigenvalue weighted by molar-refractivity contribution is 5.99. The van der Waals surface area contributed by atoms with Crippen LogP contribution in [0.15, 0.2) is 103 Å². The molecule has 3 aromatic carbocycles. The molecular weight excluding hydrogens is 1440 g/mol. The Bertz CT molecular complexity index is 4640. The van der Waals surface area contributed by atoms with Crippen LogP contribution in [0.2, 0.25) is 0 Å². The van der Waals surface area contributed by atoms with Crippen molar-refractivity contribution in [3.63, 3.8) is 0 Å². The minimum absolute atomic E-state index is 0.105. The van der Waals surface area contributed by atoms with Crippen LogP contribution < -0.4 is 16.7 Å². The van der Waals surface area contributed by atoms with Gasteiger partial charge in [-0.2, -0.15) is 0 Å². The number of carboxylic acid groups (broad SMARTS) is 3. The number of carboxylic acids is 3. The largest absolute Gasteiger partial charge is 0.479 e. The summed E-state index contributed by atoms with van der Waals surface area (Å²) in [5.41, 5.74) is 4.37. The molecule has 10 bridgehead atoms. The summed E-state index contributed by atoms with van der Waals surface area (Å²) in [6.07, 6.45) is 46.3. The van der Waals surface area contributed by atoms with Crippen LogP contribution >= 0.6 is 0 Å². The number of aromatic nitrogens is 6. The van der Waals surface area contributed by atoms with Crippen LogP contribution in [0.3, 0.4) is 0 Å². The number of para-hydroxylation sites is 6. The third-order valence-corrected chi connectivity index (χ3v) is 28.3. The quantitative estimate of drug-likeness (QED) is 0.0532. The molecule has 24 heteroatoms. The van der Waals surface area contributed by atoms with Crippen molar-refractivity contribution in [3.8, 4) is 0 Å². The predicted molar refractivity (Wildman–Crippen MR) is 442 cm³/mol. The van der Waals surface area contributed by atoms with Crippen molar-refractivity contribution in [1.29, 1.82) is 0 Å². The highest BCUT2D eigenvalue weighted by Gasteiger charge is 2.50. The average Bonchev–Trinajstić information content (AvgIpc) is 1.21. The Balaban J connectivity index is 0.000000135. The number of hydrogen-bond acceptors (Lipinski definition) is 18. The fourth-order valence-electron chi connectivity index (χ4n) is 23.5. The lowest BCUT2D eigenvalue weighted by Crippen LogP contribution is -2.57. The van der Waals surface area contributed by atoms with Crippen LogP contribution in [0.25, 0.3) is 33.1 Å². The van der Waals surface area contributed by atoms with E-state index in [1.807, 2.05) is 86.5 Å². The molecule has 15 atom stereocenters. The monoisotopic (exact) mass is 1560 g/mol. The number of benzene rings is 3. The van der Waals surface area contributed by atoms with E-state index in [0.29, 0.717) is 71.5 Å². The van der Waals surface area contributed by atoms with Gasteiger partial charge in [0.25, 0.3) is 16.7 Å². The molecule has 5 saturated carbocycles. The smallest absolute Gasteiger partial charge is 0.350 e. The highest BCUT2D eigenvalue weighted by atomic mass is 16.7. The van der Waals surface area contributed by atoms with Crippen LogP contribution in [0.4, 0.5) is 0 Å². The molecule has 17 rings (SSSR count). The van der Waals surface area contributed by atoms with Crippen molar-refractivity contribution in [1.82, 2.24) is 43.4 Å². The molecule has 6 aromatic rings. The zero-order chi connectivity index (χ0) is 79.3. The molecule has 3 N–H and O–H groups in total. The van der Waals surface area contributed by atoms with Gasteiger partial charge in [-0.1, -0.05) is 155 Å². The third-order valence-electron chi connectivity index (χ3n) is 28.3. The van der Waals surface area contributed by atoms with E-state index < -0.39 is 36.7 Å². The van der Waals surface area contributed by atoms with Crippen LogP contribution in [-0.2, 0) is 28.9 Å². The molecule has 0 amide bonds. The summed E-state index contributed by atoms with van der Waals surface area (Å²) in [7, 11) is 0. The van der Waals surface area contributed by atoms with Crippen molar-refractivity contribution in [2.45, 2.75) is 344 Å². The number of piperidine rings is 4. The van der Waals surface area contributed by atoms with Gasteiger partial charge in [0, 0.05) is 72.5 Å². The second-order valence-corrected chi connectivity index (χ2v) is 36.3. The fourth-order valence-corrected chi connectivity index (χ4v) is 23.5. The summed E-state index contributed by atoms with van der Waals surface area (Å²) in [5.74, 6) is 0.268. The molecule has 3 aromatic heterocycles. The maximum absolute atomic E-state index is 14.0. The number of hydrogen-bond donors (Lipinski definition) is 3. The fraction of sp³-hybridized carbons (Fsp3) is 0.667. The van der Waals surface area contributed by atoms with Gasteiger partial charge in [-0.15, -0.1) is 0 Å². The standard InChI is InChI=1S/C31H42N4O4.C30H42N4O4.C29H38N4O4/c1-19(33-39-31(2,3)30(37)38)28-29(36)35(27-11-7-6-10-26(27)32-28)25-17-22-12-13-23(18-25)34(22)24-15-20-8-4-5-9-21(14-20)16-24;1-21(32-38-20-28(35)36)29-30(37)34(27-17-10-9-16-26(27)31-29)25-18-23-14-11-15-24(19-25)33(23)22-12-7-5-3-2-4-6-8-13-22;1-18(31-37-17-27(34)35)28-29(36)33(26-9-5-4-8-25(26)30-28)24-15-21-10-11-22(16-24)32(21)23-13-19-6-2-3-7-20(12-19)14-23/h6-7,10-11,20-25H,4-5,8-9,12-18H2,1-3H3,(H,37,38);9-10,16-17,22-25H,2-8,11-15,18-20H2,1H3,(H,35,36);4-5,8-9,19-24H,2-3,6-7,10-17H2,1H3,(H,34,35)/b33-19+;32-21+;31-18+/t20-,21+,22-,23+,24?,25?;23-,24+,25?;19-,20+,21-,22+,23?,24?. The lowest BCUT2D eigenvalue weighted by molar-refractivity contribution is -0.161. The second-order valence-electron chi connectivity index (χ2n) is 36.3. The average molecular weight is 1560 g/mol. The van der Waals surface area contributed by atoms with Crippen LogP contribution in [0.5, 0.6) is 0 Å². The first kappa shape index (κ1) is 80.9. The number of carbonyl (C=O) groups is 3. The van der Waals surface area contributed by atoms with Crippen molar-refractivity contribution >= 4 is 68.1 Å². The summed E-state index contributed by atoms with van der Waals surface area (Å²) in [6, 6.07) is 29.0. The Morgan fingerprint density at radius 1 is 0.360 bits per heavy atom. The van der Waals surface area contributed by atoms with E-state index >= 15 is 0 Å². The number of nitrogens with zero attached hydrogens (tertiary/aromatic N) is 12. The van der Waals surface area contributed by atoms with Gasteiger partial charge in [-0.25, -0.2) is 29.3 Å². The number of aliphatic carboxylic acids is 3. The summed E-state index contributed by atoms with van der Waals surface area (Å²) in [4.78, 5) is 113. The Labute approximate surface area is 669 Å². The van der Waals surface area contributed by atoms with E-state index in [1.165, 1.54) is 206 Å². The minimum Gasteiger partial charge on any atom is -0.479 e. The van der Waals surface area contributed by atoms with Gasteiger partial charge in [0.15, 0.2) is 17.1 Å². The normalized spacial score (nSPS) is 30.1. The molecule has 614 valence electrons. The summed E-state index contributed by atoms with van der Waals surface area (Å²) in [5, 5.41) is 39.0. The first-order chi connectivity index (χ1) is 55.2. The maximum atomic E-state index is 14.0. The van der Waals surface area contributed by atoms with Gasteiger partial charge in [0.1, 0.15) is 17.1 Å². The SMILES string of the molecule is C/C(=N\OC(C)(C)C(=O)O)c1nc2ccccc2n(C2C[C@H]3CC[C@@H](C2)N3C2C[C@H]3CCCC[C@@H](C2)C3)c1=O.C/C(=N\OCC(=O)O)c1nc2ccccc2n(C2C[C@H]3CCC[C@@H](C2)N3C2CCCCCCCCC2)c1=O.C/C(=N\OCC(=O)O)c1nc2ccccc2n(C2C[C@H]3CC[C@@H](C2)N3C2C[C@H]3CCCC[C@@H](C2)C3)c1=O. The lowest BCUT2D eigenvalue weighted by atomic mass is 9.76. The van der Waals surface area contributed by atoms with Crippen molar-refractivity contribution in [2.75, 3.05) is 13.2 Å². The highest BCUT2D eigenvalue weighted by Crippen LogP contribution is 2.51. The Hall–Kier alpha value is -8.22. The molecule has 0 spiro atoms. The summed E-state index contributed by atoms with van der Waals surface area (Å²) >= 11 is 0. The van der Waals surface area contributed by atoms with E-state index in [4.69, 9.17) is 24.7 Å². The maximum Gasteiger partial charge on any atom is 0.350 e. The molecule has 11 fully saturated rings. The van der Waals surface area contributed by atoms with Gasteiger partial charge in [-0.3, -0.25) is 29.1 Å². The van der Waals surface area contributed by atoms with Crippen molar-refractivity contribution < 1.29 is 44.2 Å². The minimum atomic E-state index is -1.50. The predicted octanol–water partition coefficient (Wildman–Crippen LogP) is 15.9. The lowest BCUT2D eigenvalue weighted by Gasteiger charge is -2.53. The molecule has 6 aliphatic heterocycles. The molecular formula is C90H122N12O12. The van der Waals surface area contributed by atoms with Gasteiger partial charge < -0.3 is 43.5 Å². The number of rotatable bonds is 18. The molecule has 11 aliphatic rings. The van der Waals surface area contributed by atoms with E-state index in [2.05, 4.69) is 45.1 Å². The molecule has 9 heterocycles. The molecule has 5 unspecified atom stereocenters. The van der Waals surface area contributed by atoms with E-state index in [9.17, 15) is 33.9 Å². The Morgan fingerprint density at radius 2 is 0.649 bits per heavy atom. The Kier molecular flexibility index (Phi) is 25.6. The van der Waals surface area contributed by atoms with Crippen LogP contribution in [-0.4, -0.2) is 167 Å². The van der Waals surface area contributed by atoms with E-state index in [-0.39, 0.29) is 51.9 Å². The van der Waals surface area contributed by atoms with E-state index in [0.717, 1.165) is 95.3 Å². The van der Waals surface area contributed by atoms with Crippen molar-refractivity contribution in [3.05, 3.63) is 121 Å². The van der Waals surface area contributed by atoms with Gasteiger partial charge in [-0.05, 0) is 223 Å². The van der Waals surface area contributed by atoms with Gasteiger partial charge in [0.05, 0.1) is 33.1 Å². The summed E-state index contributed by atoms with van der Waals surface area (Å²) in [6.45, 7) is 6.73. The molecule has 5 aliphatic carbocycles. The van der Waals surface area contributed by atoms with Crippen molar-refractivity contribution in [2.24, 2.45) is 39.1 Å². The molecule has 6 saturated heterocycles. The number of oxime groups is 3. The zero-order valence-electron chi connectivity index (χ0n) is 67.9. The second kappa shape index (κ2) is 36.1.